The topological polar surface area (TPSA) is 68.9 Å². The van der Waals surface area contributed by atoms with Crippen molar-refractivity contribution in [1.82, 2.24) is 19.6 Å². The van der Waals surface area contributed by atoms with Gasteiger partial charge in [-0.1, -0.05) is 41.9 Å². The van der Waals surface area contributed by atoms with Gasteiger partial charge < -0.3 is 15.4 Å². The van der Waals surface area contributed by atoms with Crippen molar-refractivity contribution in [2.45, 2.75) is 26.9 Å². The number of nitrogens with zero attached hydrogens (tertiary/aromatic N) is 4. The van der Waals surface area contributed by atoms with Gasteiger partial charge in [-0.25, -0.2) is 0 Å². The average molecular weight is 481 g/mol. The van der Waals surface area contributed by atoms with E-state index < -0.39 is 0 Å². The van der Waals surface area contributed by atoms with E-state index in [4.69, 9.17) is 28.6 Å². The van der Waals surface area contributed by atoms with Crippen LogP contribution in [0.1, 0.15) is 22.5 Å². The fourth-order valence-corrected chi connectivity index (χ4v) is 3.98. The molecule has 4 rings (SSSR count). The van der Waals surface area contributed by atoms with Crippen LogP contribution in [-0.2, 0) is 13.1 Å². The first kappa shape index (κ1) is 22.8. The number of rotatable bonds is 7. The molecule has 0 aliphatic heterocycles. The molecule has 0 bridgehead atoms. The molecule has 2 aromatic carbocycles. The van der Waals surface area contributed by atoms with Gasteiger partial charge >= 0.3 is 0 Å². The van der Waals surface area contributed by atoms with Gasteiger partial charge in [-0.05, 0) is 55.4 Å². The van der Waals surface area contributed by atoms with Crippen molar-refractivity contribution in [2.24, 2.45) is 0 Å². The maximum Gasteiger partial charge on any atom is 0.175 e. The highest BCUT2D eigenvalue weighted by Gasteiger charge is 2.14. The smallest absolute Gasteiger partial charge is 0.175 e. The number of hydrogen-bond donors (Lipinski definition) is 2. The second-order valence-electron chi connectivity index (χ2n) is 7.65. The summed E-state index contributed by atoms with van der Waals surface area (Å²) < 4.78 is 9.09. The standard InChI is InChI=1S/C24H25ClN6OS/c1-16-23(17(2)31(29-16)13-18-7-6-9-21(11-18)32-3)28-24(33)27-20-12-26-30(15-20)14-19-8-4-5-10-22(19)25/h4-12,15H,13-14H2,1-3H3,(H2,27,28,33). The number of nitrogens with one attached hydrogen (secondary N) is 2. The Morgan fingerprint density at radius 1 is 1.09 bits per heavy atom. The van der Waals surface area contributed by atoms with Gasteiger partial charge in [0, 0.05) is 11.2 Å². The molecule has 0 saturated carbocycles. The van der Waals surface area contributed by atoms with Crippen molar-refractivity contribution in [1.29, 1.82) is 0 Å². The van der Waals surface area contributed by atoms with Gasteiger partial charge in [0.2, 0.25) is 0 Å². The fraction of sp³-hybridized carbons (Fsp3) is 0.208. The van der Waals surface area contributed by atoms with Crippen molar-refractivity contribution >= 4 is 40.3 Å². The third kappa shape index (κ3) is 5.53. The molecule has 170 valence electrons. The van der Waals surface area contributed by atoms with Crippen LogP contribution in [0.2, 0.25) is 5.02 Å². The van der Waals surface area contributed by atoms with E-state index in [2.05, 4.69) is 26.9 Å². The molecule has 2 aromatic heterocycles. The van der Waals surface area contributed by atoms with E-state index >= 15 is 0 Å². The minimum atomic E-state index is 0.472. The summed E-state index contributed by atoms with van der Waals surface area (Å²) in [6, 6.07) is 15.7. The Hall–Kier alpha value is -3.36. The van der Waals surface area contributed by atoms with E-state index in [-0.39, 0.29) is 0 Å². The van der Waals surface area contributed by atoms with Crippen LogP contribution >= 0.6 is 23.8 Å². The van der Waals surface area contributed by atoms with E-state index in [0.717, 1.165) is 44.7 Å². The number of aromatic nitrogens is 4. The number of hydrogen-bond acceptors (Lipinski definition) is 4. The molecule has 0 spiro atoms. The molecular weight excluding hydrogens is 456 g/mol. The number of anilines is 2. The van der Waals surface area contributed by atoms with E-state index in [1.54, 1.807) is 13.3 Å². The summed E-state index contributed by atoms with van der Waals surface area (Å²) in [5.74, 6) is 0.827. The molecule has 0 atom stereocenters. The van der Waals surface area contributed by atoms with Crippen LogP contribution in [0.4, 0.5) is 11.4 Å². The van der Waals surface area contributed by atoms with Crippen molar-refractivity contribution in [3.63, 3.8) is 0 Å². The van der Waals surface area contributed by atoms with Crippen LogP contribution in [0.3, 0.4) is 0 Å². The van der Waals surface area contributed by atoms with Gasteiger partial charge in [0.25, 0.3) is 0 Å². The third-order valence-corrected chi connectivity index (χ3v) is 5.84. The van der Waals surface area contributed by atoms with Crippen LogP contribution < -0.4 is 15.4 Å². The molecule has 9 heteroatoms. The maximum absolute atomic E-state index is 6.25. The number of halogens is 1. The average Bonchev–Trinajstić information content (AvgIpc) is 3.34. The molecule has 7 nitrogen and oxygen atoms in total. The van der Waals surface area contributed by atoms with E-state index in [9.17, 15) is 0 Å². The Labute approximate surface area is 203 Å². The lowest BCUT2D eigenvalue weighted by Crippen LogP contribution is -2.19. The molecule has 2 N–H and O–H groups in total. The molecule has 0 saturated heterocycles. The van der Waals surface area contributed by atoms with Gasteiger partial charge in [0.05, 0.1) is 49.2 Å². The largest absolute Gasteiger partial charge is 0.497 e. The van der Waals surface area contributed by atoms with Gasteiger partial charge in [-0.15, -0.1) is 0 Å². The predicted molar refractivity (Wildman–Crippen MR) is 136 cm³/mol. The highest BCUT2D eigenvalue weighted by atomic mass is 35.5. The molecule has 0 aliphatic rings. The summed E-state index contributed by atoms with van der Waals surface area (Å²) in [5.41, 5.74) is 5.66. The van der Waals surface area contributed by atoms with Crippen molar-refractivity contribution < 1.29 is 4.74 Å². The normalized spacial score (nSPS) is 10.8. The van der Waals surface area contributed by atoms with Crippen LogP contribution in [0.25, 0.3) is 0 Å². The zero-order valence-corrected chi connectivity index (χ0v) is 20.2. The Morgan fingerprint density at radius 2 is 1.91 bits per heavy atom. The summed E-state index contributed by atoms with van der Waals surface area (Å²) in [5, 5.41) is 16.7. The van der Waals surface area contributed by atoms with Crippen molar-refractivity contribution in [3.05, 3.63) is 88.5 Å². The lowest BCUT2D eigenvalue weighted by atomic mass is 10.2. The predicted octanol–water partition coefficient (Wildman–Crippen LogP) is 5.26. The van der Waals surface area contributed by atoms with E-state index in [1.165, 1.54) is 0 Å². The third-order valence-electron chi connectivity index (χ3n) is 5.27. The van der Waals surface area contributed by atoms with Crippen molar-refractivity contribution in [2.75, 3.05) is 17.7 Å². The molecule has 0 fully saturated rings. The first-order valence-electron chi connectivity index (χ1n) is 10.4. The Morgan fingerprint density at radius 3 is 2.70 bits per heavy atom. The van der Waals surface area contributed by atoms with E-state index in [0.29, 0.717) is 18.2 Å². The molecule has 2 heterocycles. The Balaban J connectivity index is 1.41. The van der Waals surface area contributed by atoms with Gasteiger partial charge in [-0.3, -0.25) is 9.36 Å². The number of aryl methyl sites for hydroxylation is 1. The van der Waals surface area contributed by atoms with Crippen molar-refractivity contribution in [3.8, 4) is 5.75 Å². The molecule has 33 heavy (non-hydrogen) atoms. The summed E-state index contributed by atoms with van der Waals surface area (Å²) in [6.07, 6.45) is 3.62. The van der Waals surface area contributed by atoms with Gasteiger partial charge in [-0.2, -0.15) is 10.2 Å². The van der Waals surface area contributed by atoms with Gasteiger partial charge in [0.15, 0.2) is 5.11 Å². The highest BCUT2D eigenvalue weighted by molar-refractivity contribution is 7.80. The minimum absolute atomic E-state index is 0.472. The van der Waals surface area contributed by atoms with E-state index in [1.807, 2.05) is 71.9 Å². The van der Waals surface area contributed by atoms with Crippen LogP contribution in [0, 0.1) is 13.8 Å². The summed E-state index contributed by atoms with van der Waals surface area (Å²) >= 11 is 11.8. The molecular formula is C24H25ClN6OS. The van der Waals surface area contributed by atoms with Crippen LogP contribution in [-0.4, -0.2) is 31.8 Å². The molecule has 0 radical (unpaired) electrons. The number of thiocarbonyl (C=S) groups is 1. The zero-order chi connectivity index (χ0) is 23.4. The highest BCUT2D eigenvalue weighted by Crippen LogP contribution is 2.22. The minimum Gasteiger partial charge on any atom is -0.497 e. The second-order valence-corrected chi connectivity index (χ2v) is 8.47. The second kappa shape index (κ2) is 10.1. The summed E-state index contributed by atoms with van der Waals surface area (Å²) in [7, 11) is 1.67. The summed E-state index contributed by atoms with van der Waals surface area (Å²) in [4.78, 5) is 0. The first-order valence-corrected chi connectivity index (χ1v) is 11.2. The summed E-state index contributed by atoms with van der Waals surface area (Å²) in [6.45, 7) is 5.20. The number of methoxy groups -OCH3 is 1. The SMILES string of the molecule is COc1cccc(Cn2nc(C)c(NC(=S)Nc3cnn(Cc4ccccc4Cl)c3)c2C)c1. The van der Waals surface area contributed by atoms with Gasteiger partial charge in [0.1, 0.15) is 5.75 Å². The quantitative estimate of drug-likeness (QED) is 0.351. The zero-order valence-electron chi connectivity index (χ0n) is 18.7. The molecule has 0 aliphatic carbocycles. The molecule has 0 unspecified atom stereocenters. The lowest BCUT2D eigenvalue weighted by Gasteiger charge is -2.10. The Kier molecular flexibility index (Phi) is 6.96. The monoisotopic (exact) mass is 480 g/mol. The van der Waals surface area contributed by atoms with Crippen LogP contribution in [0.15, 0.2) is 60.9 Å². The Bertz CT molecular complexity index is 1280. The number of benzene rings is 2. The maximum atomic E-state index is 6.25. The molecule has 0 amide bonds. The molecule has 4 aromatic rings. The first-order chi connectivity index (χ1) is 15.9. The number of ether oxygens (including phenoxy) is 1. The fourth-order valence-electron chi connectivity index (χ4n) is 3.57. The lowest BCUT2D eigenvalue weighted by molar-refractivity contribution is 0.414. The van der Waals surface area contributed by atoms with Crippen LogP contribution in [0.5, 0.6) is 5.75 Å².